The van der Waals surface area contributed by atoms with E-state index in [1.165, 1.54) is 12.1 Å². The van der Waals surface area contributed by atoms with Crippen LogP contribution >= 0.6 is 0 Å². The molecule has 3 nitrogen and oxygen atoms in total. The molecule has 2 aromatic rings. The maximum absolute atomic E-state index is 9.77. The summed E-state index contributed by atoms with van der Waals surface area (Å²) in [6.07, 6.45) is 0.758. The molecule has 0 spiro atoms. The first-order valence-corrected chi connectivity index (χ1v) is 5.46. The number of hydrogen-bond donors (Lipinski definition) is 3. The van der Waals surface area contributed by atoms with Crippen molar-refractivity contribution in [2.24, 2.45) is 0 Å². The molecule has 0 saturated carbocycles. The molecule has 2 rings (SSSR count). The molecule has 0 aliphatic rings. The van der Waals surface area contributed by atoms with Crippen LogP contribution in [-0.2, 0) is 6.42 Å². The van der Waals surface area contributed by atoms with Gasteiger partial charge in [-0.05, 0) is 35.7 Å². The second kappa shape index (κ2) is 4.37. The van der Waals surface area contributed by atoms with Crippen LogP contribution in [0.1, 0.15) is 12.5 Å². The Morgan fingerprint density at radius 1 is 0.882 bits per heavy atom. The molecular formula is C14H14O3. The fourth-order valence-corrected chi connectivity index (χ4v) is 1.79. The van der Waals surface area contributed by atoms with Crippen molar-refractivity contribution in [1.29, 1.82) is 0 Å². The van der Waals surface area contributed by atoms with E-state index >= 15 is 0 Å². The molecule has 3 N–H and O–H groups in total. The van der Waals surface area contributed by atoms with Crippen molar-refractivity contribution in [3.63, 3.8) is 0 Å². The summed E-state index contributed by atoms with van der Waals surface area (Å²) in [5, 5.41) is 28.7. The predicted molar refractivity (Wildman–Crippen MR) is 66.3 cm³/mol. The zero-order valence-corrected chi connectivity index (χ0v) is 9.51. The van der Waals surface area contributed by atoms with Gasteiger partial charge in [0.15, 0.2) is 0 Å². The van der Waals surface area contributed by atoms with Gasteiger partial charge in [0.05, 0.1) is 0 Å². The van der Waals surface area contributed by atoms with Crippen molar-refractivity contribution >= 4 is 0 Å². The van der Waals surface area contributed by atoms with E-state index in [-0.39, 0.29) is 17.2 Å². The Morgan fingerprint density at radius 2 is 1.65 bits per heavy atom. The van der Waals surface area contributed by atoms with Crippen LogP contribution in [0.4, 0.5) is 0 Å². The summed E-state index contributed by atoms with van der Waals surface area (Å²) in [7, 11) is 0. The highest BCUT2D eigenvalue weighted by Gasteiger charge is 2.07. The number of rotatable bonds is 2. The van der Waals surface area contributed by atoms with Crippen LogP contribution < -0.4 is 0 Å². The third-order valence-electron chi connectivity index (χ3n) is 2.76. The molecule has 17 heavy (non-hydrogen) atoms. The van der Waals surface area contributed by atoms with Crippen LogP contribution in [0.3, 0.4) is 0 Å². The third kappa shape index (κ3) is 2.18. The normalized spacial score (nSPS) is 10.4. The minimum Gasteiger partial charge on any atom is -0.508 e. The summed E-state index contributed by atoms with van der Waals surface area (Å²) >= 11 is 0. The van der Waals surface area contributed by atoms with Gasteiger partial charge in [-0.2, -0.15) is 0 Å². The zero-order valence-electron chi connectivity index (χ0n) is 9.51. The first kappa shape index (κ1) is 11.3. The van der Waals surface area contributed by atoms with Gasteiger partial charge in [-0.3, -0.25) is 0 Å². The first-order valence-electron chi connectivity index (χ1n) is 5.46. The summed E-state index contributed by atoms with van der Waals surface area (Å²) in [5.41, 5.74) is 2.17. The van der Waals surface area contributed by atoms with Crippen LogP contribution in [0.25, 0.3) is 11.1 Å². The van der Waals surface area contributed by atoms with E-state index in [2.05, 4.69) is 0 Å². The number of phenolic OH excluding ortho intramolecular Hbond substituents is 3. The largest absolute Gasteiger partial charge is 0.508 e. The Bertz CT molecular complexity index is 547. The lowest BCUT2D eigenvalue weighted by Gasteiger charge is -2.08. The van der Waals surface area contributed by atoms with Gasteiger partial charge in [-0.15, -0.1) is 0 Å². The van der Waals surface area contributed by atoms with Crippen LogP contribution in [0.15, 0.2) is 36.4 Å². The van der Waals surface area contributed by atoms with Gasteiger partial charge in [0, 0.05) is 11.6 Å². The molecule has 0 aromatic heterocycles. The van der Waals surface area contributed by atoms with E-state index in [1.54, 1.807) is 12.1 Å². The molecule has 0 amide bonds. The molecule has 0 aliphatic heterocycles. The summed E-state index contributed by atoms with van der Waals surface area (Å²) < 4.78 is 0. The van der Waals surface area contributed by atoms with Gasteiger partial charge < -0.3 is 15.3 Å². The van der Waals surface area contributed by atoms with Crippen molar-refractivity contribution in [3.8, 4) is 28.4 Å². The number of aromatic hydroxyl groups is 3. The number of aryl methyl sites for hydroxylation is 1. The first-order chi connectivity index (χ1) is 8.11. The van der Waals surface area contributed by atoms with E-state index in [0.717, 1.165) is 17.5 Å². The van der Waals surface area contributed by atoms with Gasteiger partial charge in [-0.1, -0.05) is 19.1 Å². The molecule has 0 fully saturated rings. The molecule has 88 valence electrons. The Morgan fingerprint density at radius 3 is 2.24 bits per heavy atom. The average Bonchev–Trinajstić information content (AvgIpc) is 2.29. The summed E-state index contributed by atoms with van der Waals surface area (Å²) in [6, 6.07) is 9.68. The molecule has 0 heterocycles. The molecular weight excluding hydrogens is 216 g/mol. The minimum absolute atomic E-state index is 0.00588. The monoisotopic (exact) mass is 230 g/mol. The Labute approximate surface area is 99.6 Å². The second-order valence-corrected chi connectivity index (χ2v) is 3.90. The molecule has 0 saturated heterocycles. The van der Waals surface area contributed by atoms with Crippen molar-refractivity contribution in [2.75, 3.05) is 0 Å². The molecule has 0 bridgehead atoms. The highest BCUT2D eigenvalue weighted by Crippen LogP contribution is 2.34. The second-order valence-electron chi connectivity index (χ2n) is 3.90. The van der Waals surface area contributed by atoms with Gasteiger partial charge in [0.1, 0.15) is 17.2 Å². The van der Waals surface area contributed by atoms with Crippen molar-refractivity contribution in [2.45, 2.75) is 13.3 Å². The molecule has 2 aromatic carbocycles. The number of phenols is 3. The summed E-state index contributed by atoms with van der Waals surface area (Å²) in [5.74, 6) is 0.228. The van der Waals surface area contributed by atoms with E-state index in [4.69, 9.17) is 0 Å². The van der Waals surface area contributed by atoms with Crippen LogP contribution in [-0.4, -0.2) is 15.3 Å². The summed E-state index contributed by atoms with van der Waals surface area (Å²) in [6.45, 7) is 1.97. The Kier molecular flexibility index (Phi) is 2.91. The Hall–Kier alpha value is -2.16. The maximum atomic E-state index is 9.77. The smallest absolute Gasteiger partial charge is 0.127 e. The third-order valence-corrected chi connectivity index (χ3v) is 2.76. The zero-order chi connectivity index (χ0) is 12.4. The lowest BCUT2D eigenvalue weighted by atomic mass is 10.0. The molecule has 3 heteroatoms. The lowest BCUT2D eigenvalue weighted by molar-refractivity contribution is 0.452. The van der Waals surface area contributed by atoms with E-state index in [9.17, 15) is 15.3 Å². The van der Waals surface area contributed by atoms with E-state index in [1.807, 2.05) is 19.1 Å². The number of benzene rings is 2. The van der Waals surface area contributed by atoms with Gasteiger partial charge in [-0.25, -0.2) is 0 Å². The highest BCUT2D eigenvalue weighted by atomic mass is 16.3. The van der Waals surface area contributed by atoms with Gasteiger partial charge >= 0.3 is 0 Å². The lowest BCUT2D eigenvalue weighted by Crippen LogP contribution is -1.84. The molecule has 0 aliphatic carbocycles. The van der Waals surface area contributed by atoms with Gasteiger partial charge in [0.2, 0.25) is 0 Å². The van der Waals surface area contributed by atoms with Crippen LogP contribution in [0, 0.1) is 0 Å². The highest BCUT2D eigenvalue weighted by molar-refractivity contribution is 5.72. The van der Waals surface area contributed by atoms with E-state index in [0.29, 0.717) is 5.56 Å². The fraction of sp³-hybridized carbons (Fsp3) is 0.143. The summed E-state index contributed by atoms with van der Waals surface area (Å²) in [4.78, 5) is 0. The van der Waals surface area contributed by atoms with Crippen LogP contribution in [0.2, 0.25) is 0 Å². The van der Waals surface area contributed by atoms with Crippen LogP contribution in [0.5, 0.6) is 17.2 Å². The maximum Gasteiger partial charge on any atom is 0.127 e. The van der Waals surface area contributed by atoms with Crippen molar-refractivity contribution < 1.29 is 15.3 Å². The molecule has 0 atom stereocenters. The van der Waals surface area contributed by atoms with Crippen molar-refractivity contribution in [1.82, 2.24) is 0 Å². The molecule has 0 radical (unpaired) electrons. The van der Waals surface area contributed by atoms with Gasteiger partial charge in [0.25, 0.3) is 0 Å². The molecule has 0 unspecified atom stereocenters. The topological polar surface area (TPSA) is 60.7 Å². The van der Waals surface area contributed by atoms with Crippen molar-refractivity contribution in [3.05, 3.63) is 42.0 Å². The average molecular weight is 230 g/mol. The predicted octanol–water partition coefficient (Wildman–Crippen LogP) is 3.03. The quantitative estimate of drug-likeness (QED) is 0.743. The number of hydrogen-bond acceptors (Lipinski definition) is 3. The fourth-order valence-electron chi connectivity index (χ4n) is 1.79. The van der Waals surface area contributed by atoms with E-state index < -0.39 is 0 Å². The Balaban J connectivity index is 2.50. The standard InChI is InChI=1S/C14H14O3/c1-2-9-3-4-10(7-13(9)16)12-6-5-11(15)8-14(12)17/h3-8,15-17H,2H2,1H3. The minimum atomic E-state index is -0.00588. The SMILES string of the molecule is CCc1ccc(-c2ccc(O)cc2O)cc1O.